The van der Waals surface area contributed by atoms with E-state index in [1.54, 1.807) is 6.26 Å². The molecular weight excluding hydrogens is 320 g/mol. The van der Waals surface area contributed by atoms with Crippen LogP contribution in [0.15, 0.2) is 16.9 Å². The Balaban J connectivity index is 1.30. The van der Waals surface area contributed by atoms with E-state index in [1.165, 1.54) is 0 Å². The number of aromatic nitrogens is 1. The average molecular weight is 348 g/mol. The molecule has 1 unspecified atom stereocenters. The normalized spacial score (nSPS) is 27.0. The molecule has 1 atom stereocenters. The molecule has 7 nitrogen and oxygen atoms in total. The van der Waals surface area contributed by atoms with Crippen molar-refractivity contribution < 1.29 is 14.1 Å². The van der Waals surface area contributed by atoms with E-state index in [1.807, 2.05) is 6.07 Å². The number of amides is 1. The number of carbonyl (C=O) groups excluding carboxylic acids is 1. The van der Waals surface area contributed by atoms with Crippen LogP contribution in [0.1, 0.15) is 31.4 Å². The second-order valence-corrected chi connectivity index (χ2v) is 7.33. The number of nitrogens with zero attached hydrogens (tertiary/aromatic N) is 4. The van der Waals surface area contributed by atoms with Gasteiger partial charge in [0.1, 0.15) is 6.26 Å². The smallest absolute Gasteiger partial charge is 0.240 e. The molecule has 0 saturated carbocycles. The molecule has 7 heteroatoms. The summed E-state index contributed by atoms with van der Waals surface area (Å²) in [6, 6.07) is 2.52. The first-order valence-corrected chi connectivity index (χ1v) is 9.55. The predicted octanol–water partition coefficient (Wildman–Crippen LogP) is 0.962. The van der Waals surface area contributed by atoms with Crippen LogP contribution in [-0.2, 0) is 16.1 Å². The van der Waals surface area contributed by atoms with Gasteiger partial charge in [-0.05, 0) is 32.2 Å². The Kier molecular flexibility index (Phi) is 5.33. The van der Waals surface area contributed by atoms with E-state index in [4.69, 9.17) is 9.26 Å². The molecule has 1 aromatic heterocycles. The molecular formula is C18H28N4O3. The van der Waals surface area contributed by atoms with Crippen molar-refractivity contribution >= 4 is 5.91 Å². The lowest BCUT2D eigenvalue weighted by molar-refractivity contribution is -0.139. The van der Waals surface area contributed by atoms with Crippen molar-refractivity contribution in [3.8, 4) is 0 Å². The number of rotatable bonds is 4. The van der Waals surface area contributed by atoms with Gasteiger partial charge in [-0.25, -0.2) is 0 Å². The lowest BCUT2D eigenvalue weighted by atomic mass is 10.0. The molecule has 3 saturated heterocycles. The van der Waals surface area contributed by atoms with Crippen LogP contribution >= 0.6 is 0 Å². The lowest BCUT2D eigenvalue weighted by Crippen LogP contribution is -2.55. The molecule has 0 radical (unpaired) electrons. The van der Waals surface area contributed by atoms with Crippen LogP contribution in [0.4, 0.5) is 0 Å². The third-order valence-corrected chi connectivity index (χ3v) is 5.80. The van der Waals surface area contributed by atoms with Gasteiger partial charge in [-0.1, -0.05) is 5.16 Å². The SMILES string of the molecule is O=C(C1CCCN1C1CCOCC1)N1CCN(Cc2ccon2)CC1. The van der Waals surface area contributed by atoms with E-state index < -0.39 is 0 Å². The van der Waals surface area contributed by atoms with Crippen LogP contribution < -0.4 is 0 Å². The Bertz CT molecular complexity index is 551. The van der Waals surface area contributed by atoms with Crippen LogP contribution in [0.3, 0.4) is 0 Å². The molecule has 3 aliphatic rings. The van der Waals surface area contributed by atoms with Gasteiger partial charge >= 0.3 is 0 Å². The minimum atomic E-state index is 0.0881. The van der Waals surface area contributed by atoms with Crippen LogP contribution in [0.2, 0.25) is 0 Å². The number of hydrogen-bond acceptors (Lipinski definition) is 6. The molecule has 138 valence electrons. The molecule has 4 heterocycles. The van der Waals surface area contributed by atoms with Crippen LogP contribution in [0, 0.1) is 0 Å². The van der Waals surface area contributed by atoms with Crippen molar-refractivity contribution in [2.24, 2.45) is 0 Å². The third-order valence-electron chi connectivity index (χ3n) is 5.80. The summed E-state index contributed by atoms with van der Waals surface area (Å²) in [6.45, 7) is 6.98. The predicted molar refractivity (Wildman–Crippen MR) is 91.9 cm³/mol. The Hall–Kier alpha value is -1.44. The van der Waals surface area contributed by atoms with E-state index in [2.05, 4.69) is 19.9 Å². The van der Waals surface area contributed by atoms with Crippen molar-refractivity contribution in [2.75, 3.05) is 45.9 Å². The van der Waals surface area contributed by atoms with Gasteiger partial charge in [-0.15, -0.1) is 0 Å². The van der Waals surface area contributed by atoms with E-state index in [-0.39, 0.29) is 6.04 Å². The largest absolute Gasteiger partial charge is 0.381 e. The molecule has 0 N–H and O–H groups in total. The second kappa shape index (κ2) is 7.85. The van der Waals surface area contributed by atoms with Gasteiger partial charge in [0.05, 0.1) is 11.7 Å². The standard InChI is InChI=1S/C18H28N4O3/c23-18(17-2-1-6-22(17)16-4-11-24-12-5-16)21-9-7-20(8-10-21)14-15-3-13-25-19-15/h3,13,16-17H,1-2,4-12,14H2. The van der Waals surface area contributed by atoms with Crippen molar-refractivity contribution in [1.82, 2.24) is 19.9 Å². The zero-order valence-electron chi connectivity index (χ0n) is 14.8. The fraction of sp³-hybridized carbons (Fsp3) is 0.778. The second-order valence-electron chi connectivity index (χ2n) is 7.33. The van der Waals surface area contributed by atoms with Gasteiger partial charge in [0.2, 0.25) is 5.91 Å². The Morgan fingerprint density at radius 3 is 2.64 bits per heavy atom. The maximum atomic E-state index is 13.1. The monoisotopic (exact) mass is 348 g/mol. The Morgan fingerprint density at radius 1 is 1.12 bits per heavy atom. The minimum Gasteiger partial charge on any atom is -0.381 e. The molecule has 0 bridgehead atoms. The first-order chi connectivity index (χ1) is 12.3. The number of likely N-dealkylation sites (tertiary alicyclic amines) is 1. The highest BCUT2D eigenvalue weighted by Crippen LogP contribution is 2.27. The van der Waals surface area contributed by atoms with E-state index in [0.29, 0.717) is 11.9 Å². The van der Waals surface area contributed by atoms with E-state index in [9.17, 15) is 4.79 Å². The summed E-state index contributed by atoms with van der Waals surface area (Å²) in [6.07, 6.45) is 5.89. The molecule has 3 aliphatic heterocycles. The third kappa shape index (κ3) is 3.88. The van der Waals surface area contributed by atoms with Gasteiger partial charge in [-0.3, -0.25) is 14.6 Å². The highest BCUT2D eigenvalue weighted by atomic mass is 16.5. The summed E-state index contributed by atoms with van der Waals surface area (Å²) in [4.78, 5) is 20.0. The maximum absolute atomic E-state index is 13.1. The van der Waals surface area contributed by atoms with Crippen molar-refractivity contribution in [2.45, 2.75) is 44.3 Å². The Labute approximate surface area is 148 Å². The molecule has 3 fully saturated rings. The first-order valence-electron chi connectivity index (χ1n) is 9.55. The van der Waals surface area contributed by atoms with Gasteiger partial charge < -0.3 is 14.2 Å². The van der Waals surface area contributed by atoms with Crippen LogP contribution in [-0.4, -0.2) is 83.8 Å². The van der Waals surface area contributed by atoms with Gasteiger partial charge in [0, 0.05) is 58.0 Å². The van der Waals surface area contributed by atoms with E-state index >= 15 is 0 Å². The highest BCUT2D eigenvalue weighted by Gasteiger charge is 2.38. The van der Waals surface area contributed by atoms with Gasteiger partial charge in [0.15, 0.2) is 0 Å². The average Bonchev–Trinajstić information content (AvgIpc) is 3.34. The number of piperazine rings is 1. The zero-order chi connectivity index (χ0) is 17.1. The number of ether oxygens (including phenoxy) is 1. The molecule has 1 aromatic rings. The van der Waals surface area contributed by atoms with Gasteiger partial charge in [0.25, 0.3) is 0 Å². The molecule has 0 aliphatic carbocycles. The fourth-order valence-electron chi connectivity index (χ4n) is 4.39. The Morgan fingerprint density at radius 2 is 1.92 bits per heavy atom. The van der Waals surface area contributed by atoms with E-state index in [0.717, 1.165) is 83.9 Å². The molecule has 0 spiro atoms. The summed E-state index contributed by atoms with van der Waals surface area (Å²) in [5.41, 5.74) is 0.960. The summed E-state index contributed by atoms with van der Waals surface area (Å²) in [7, 11) is 0. The topological polar surface area (TPSA) is 62.1 Å². The minimum absolute atomic E-state index is 0.0881. The summed E-state index contributed by atoms with van der Waals surface area (Å²) >= 11 is 0. The molecule has 1 amide bonds. The van der Waals surface area contributed by atoms with Crippen molar-refractivity contribution in [3.05, 3.63) is 18.0 Å². The first kappa shape index (κ1) is 17.0. The quantitative estimate of drug-likeness (QED) is 0.808. The molecule has 0 aromatic carbocycles. The summed E-state index contributed by atoms with van der Waals surface area (Å²) in [5, 5.41) is 3.98. The maximum Gasteiger partial charge on any atom is 0.240 e. The summed E-state index contributed by atoms with van der Waals surface area (Å²) < 4.78 is 10.4. The summed E-state index contributed by atoms with van der Waals surface area (Å²) in [5.74, 6) is 0.338. The fourth-order valence-corrected chi connectivity index (χ4v) is 4.39. The number of carbonyl (C=O) groups is 1. The van der Waals surface area contributed by atoms with Crippen molar-refractivity contribution in [3.63, 3.8) is 0 Å². The highest BCUT2D eigenvalue weighted by molar-refractivity contribution is 5.82. The van der Waals surface area contributed by atoms with Gasteiger partial charge in [-0.2, -0.15) is 0 Å². The number of hydrogen-bond donors (Lipinski definition) is 0. The van der Waals surface area contributed by atoms with Crippen molar-refractivity contribution in [1.29, 1.82) is 0 Å². The molecule has 4 rings (SSSR count). The zero-order valence-corrected chi connectivity index (χ0v) is 14.8. The van der Waals surface area contributed by atoms with Crippen LogP contribution in [0.5, 0.6) is 0 Å². The lowest BCUT2D eigenvalue weighted by Gasteiger charge is -2.39. The van der Waals surface area contributed by atoms with Crippen LogP contribution in [0.25, 0.3) is 0 Å². The molecule has 25 heavy (non-hydrogen) atoms.